The molecule has 0 aliphatic carbocycles. The fourth-order valence-corrected chi connectivity index (χ4v) is 2.35. The molecule has 4 atom stereocenters. The number of hydrogen-bond donors (Lipinski definition) is 8. The number of aliphatic hydroxyl groups is 2. The van der Waals surface area contributed by atoms with Crippen LogP contribution in [0.3, 0.4) is 0 Å². The van der Waals surface area contributed by atoms with E-state index in [1.807, 2.05) is 0 Å². The van der Waals surface area contributed by atoms with Crippen molar-refractivity contribution in [2.45, 2.75) is 57.3 Å². The van der Waals surface area contributed by atoms with Crippen LogP contribution in [0.25, 0.3) is 0 Å². The number of carboxylic acids is 1. The van der Waals surface area contributed by atoms with Crippen LogP contribution in [0.15, 0.2) is 0 Å². The molecule has 0 aromatic heterocycles. The fraction of sp³-hybridized carbons (Fsp3) is 0.765. The molecule has 12 nitrogen and oxygen atoms in total. The lowest BCUT2D eigenvalue weighted by Crippen LogP contribution is -2.59. The molecule has 12 heteroatoms. The van der Waals surface area contributed by atoms with E-state index in [0.29, 0.717) is 25.8 Å². The minimum atomic E-state index is -1.47. The molecule has 29 heavy (non-hydrogen) atoms. The average molecular weight is 419 g/mol. The molecule has 0 radical (unpaired) electrons. The molecule has 0 saturated heterocycles. The van der Waals surface area contributed by atoms with Crippen molar-refractivity contribution in [3.63, 3.8) is 0 Å². The Morgan fingerprint density at radius 2 is 1.34 bits per heavy atom. The van der Waals surface area contributed by atoms with Gasteiger partial charge >= 0.3 is 5.97 Å². The van der Waals surface area contributed by atoms with Crippen molar-refractivity contribution >= 4 is 23.7 Å². The molecule has 0 spiro atoms. The van der Waals surface area contributed by atoms with Gasteiger partial charge in [0.25, 0.3) is 0 Å². The minimum Gasteiger partial charge on any atom is -0.480 e. The molecule has 0 aliphatic heterocycles. The Morgan fingerprint density at radius 1 is 0.862 bits per heavy atom. The predicted octanol–water partition coefficient (Wildman–Crippen LogP) is -3.38. The maximum atomic E-state index is 12.3. The highest BCUT2D eigenvalue weighted by Crippen LogP contribution is 2.03. The molecule has 4 unspecified atom stereocenters. The highest BCUT2D eigenvalue weighted by molar-refractivity contribution is 5.94. The second-order valence-electron chi connectivity index (χ2n) is 6.95. The number of carbonyl (C=O) groups is 4. The van der Waals surface area contributed by atoms with Crippen LogP contribution >= 0.6 is 0 Å². The van der Waals surface area contributed by atoms with Crippen LogP contribution in [-0.2, 0) is 19.2 Å². The van der Waals surface area contributed by atoms with Gasteiger partial charge in [-0.05, 0) is 25.3 Å². The number of hydrogen-bond acceptors (Lipinski definition) is 8. The number of amides is 3. The summed E-state index contributed by atoms with van der Waals surface area (Å²) < 4.78 is 0. The lowest BCUT2D eigenvalue weighted by Gasteiger charge is -2.24. The minimum absolute atomic E-state index is 0.344. The van der Waals surface area contributed by atoms with Crippen LogP contribution in [0, 0.1) is 5.92 Å². The second kappa shape index (κ2) is 13.8. The predicted molar refractivity (Wildman–Crippen MR) is 103 cm³/mol. The molecule has 0 saturated carbocycles. The van der Waals surface area contributed by atoms with Crippen LogP contribution in [-0.4, -0.2) is 82.9 Å². The Morgan fingerprint density at radius 3 is 1.76 bits per heavy atom. The SMILES string of the molecule is CC(C)C(NC(=O)C(CO)NC(=O)C(CO)NC(=O)C(N)CCCCN)C(=O)O. The summed E-state index contributed by atoms with van der Waals surface area (Å²) in [7, 11) is 0. The van der Waals surface area contributed by atoms with E-state index in [4.69, 9.17) is 16.6 Å². The number of aliphatic carboxylic acids is 1. The molecular weight excluding hydrogens is 386 g/mol. The number of carboxylic acid groups (broad SMARTS) is 1. The van der Waals surface area contributed by atoms with E-state index in [-0.39, 0.29) is 0 Å². The molecule has 10 N–H and O–H groups in total. The van der Waals surface area contributed by atoms with Crippen molar-refractivity contribution in [2.75, 3.05) is 19.8 Å². The summed E-state index contributed by atoms with van der Waals surface area (Å²) in [5, 5.41) is 34.5. The number of nitrogens with two attached hydrogens (primary N) is 2. The Labute approximate surface area is 169 Å². The Hall–Kier alpha value is -2.28. The summed E-state index contributed by atoms with van der Waals surface area (Å²) in [5.74, 6) is -4.20. The van der Waals surface area contributed by atoms with Gasteiger partial charge in [0.15, 0.2) is 0 Å². The first kappa shape index (κ1) is 26.7. The topological polar surface area (TPSA) is 217 Å². The molecule has 0 bridgehead atoms. The van der Waals surface area contributed by atoms with E-state index in [2.05, 4.69) is 16.0 Å². The average Bonchev–Trinajstić information content (AvgIpc) is 2.67. The van der Waals surface area contributed by atoms with Crippen molar-refractivity contribution in [3.8, 4) is 0 Å². The molecule has 0 aromatic rings. The first-order chi connectivity index (χ1) is 13.6. The Balaban J connectivity index is 4.88. The van der Waals surface area contributed by atoms with Gasteiger partial charge in [0.05, 0.1) is 19.3 Å². The Bertz CT molecular complexity index is 558. The highest BCUT2D eigenvalue weighted by Gasteiger charge is 2.30. The third-order valence-electron chi connectivity index (χ3n) is 4.17. The molecule has 0 heterocycles. The van der Waals surface area contributed by atoms with Gasteiger partial charge in [-0.1, -0.05) is 20.3 Å². The van der Waals surface area contributed by atoms with Gasteiger partial charge in [-0.3, -0.25) is 14.4 Å². The lowest BCUT2D eigenvalue weighted by molar-refractivity contribution is -0.143. The van der Waals surface area contributed by atoms with E-state index in [0.717, 1.165) is 0 Å². The zero-order chi connectivity index (χ0) is 22.6. The number of rotatable bonds is 14. The second-order valence-corrected chi connectivity index (χ2v) is 6.95. The van der Waals surface area contributed by atoms with E-state index < -0.39 is 67.0 Å². The van der Waals surface area contributed by atoms with Gasteiger partial charge in [0, 0.05) is 0 Å². The zero-order valence-electron chi connectivity index (χ0n) is 16.8. The maximum absolute atomic E-state index is 12.3. The quantitative estimate of drug-likeness (QED) is 0.131. The summed E-state index contributed by atoms with van der Waals surface area (Å²) >= 11 is 0. The molecule has 168 valence electrons. The van der Waals surface area contributed by atoms with Crippen LogP contribution in [0.2, 0.25) is 0 Å². The van der Waals surface area contributed by atoms with Crippen LogP contribution in [0.1, 0.15) is 33.1 Å². The van der Waals surface area contributed by atoms with E-state index in [9.17, 15) is 29.4 Å². The van der Waals surface area contributed by atoms with Gasteiger partial charge in [-0.25, -0.2) is 4.79 Å². The summed E-state index contributed by atoms with van der Waals surface area (Å²) in [6, 6.07) is -4.98. The highest BCUT2D eigenvalue weighted by atomic mass is 16.4. The lowest BCUT2D eigenvalue weighted by atomic mass is 10.0. The summed E-state index contributed by atoms with van der Waals surface area (Å²) in [4.78, 5) is 47.7. The zero-order valence-corrected chi connectivity index (χ0v) is 16.8. The van der Waals surface area contributed by atoms with E-state index in [1.54, 1.807) is 13.8 Å². The molecule has 0 rings (SSSR count). The van der Waals surface area contributed by atoms with Gasteiger partial charge in [-0.15, -0.1) is 0 Å². The summed E-state index contributed by atoms with van der Waals surface area (Å²) in [5.41, 5.74) is 11.1. The van der Waals surface area contributed by atoms with Gasteiger partial charge in [-0.2, -0.15) is 0 Å². The number of carbonyl (C=O) groups excluding carboxylic acids is 3. The maximum Gasteiger partial charge on any atom is 0.326 e. The monoisotopic (exact) mass is 419 g/mol. The third kappa shape index (κ3) is 9.65. The number of nitrogens with one attached hydrogen (secondary N) is 3. The van der Waals surface area contributed by atoms with Crippen LogP contribution < -0.4 is 27.4 Å². The van der Waals surface area contributed by atoms with E-state index >= 15 is 0 Å². The summed E-state index contributed by atoms with van der Waals surface area (Å²) in [6.45, 7) is 2.04. The van der Waals surface area contributed by atoms with Gasteiger partial charge in [0.2, 0.25) is 17.7 Å². The Kier molecular flexibility index (Phi) is 12.7. The van der Waals surface area contributed by atoms with Crippen molar-refractivity contribution in [2.24, 2.45) is 17.4 Å². The van der Waals surface area contributed by atoms with Gasteiger partial charge in [0.1, 0.15) is 18.1 Å². The first-order valence-electron chi connectivity index (χ1n) is 9.40. The van der Waals surface area contributed by atoms with Crippen molar-refractivity contribution < 1.29 is 34.5 Å². The number of aliphatic hydroxyl groups excluding tert-OH is 2. The third-order valence-corrected chi connectivity index (χ3v) is 4.17. The molecule has 0 fully saturated rings. The van der Waals surface area contributed by atoms with Crippen molar-refractivity contribution in [3.05, 3.63) is 0 Å². The van der Waals surface area contributed by atoms with Crippen molar-refractivity contribution in [1.29, 1.82) is 0 Å². The van der Waals surface area contributed by atoms with Crippen LogP contribution in [0.5, 0.6) is 0 Å². The fourth-order valence-electron chi connectivity index (χ4n) is 2.35. The summed E-state index contributed by atoms with van der Waals surface area (Å²) in [6.07, 6.45) is 1.65. The normalized spacial score (nSPS) is 15.1. The van der Waals surface area contributed by atoms with Gasteiger partial charge < -0.3 is 42.7 Å². The smallest absolute Gasteiger partial charge is 0.326 e. The molecular formula is C17H33N5O7. The largest absolute Gasteiger partial charge is 0.480 e. The van der Waals surface area contributed by atoms with Crippen LogP contribution in [0.4, 0.5) is 0 Å². The molecule has 0 aliphatic rings. The molecule has 3 amide bonds. The van der Waals surface area contributed by atoms with Crippen molar-refractivity contribution in [1.82, 2.24) is 16.0 Å². The standard InChI is InChI=1S/C17H33N5O7/c1-9(2)13(17(28)29)22-16(27)12(8-24)21-15(26)11(7-23)20-14(25)10(19)5-3-4-6-18/h9-13,23-24H,3-8,18-19H2,1-2H3,(H,20,25)(H,21,26)(H,22,27)(H,28,29). The first-order valence-corrected chi connectivity index (χ1v) is 9.40. The molecule has 0 aromatic carbocycles. The number of unbranched alkanes of at least 4 members (excludes halogenated alkanes) is 1. The van der Waals surface area contributed by atoms with E-state index in [1.165, 1.54) is 0 Å².